The van der Waals surface area contributed by atoms with Gasteiger partial charge in [-0.2, -0.15) is 9.40 Å². The molecule has 0 radical (unpaired) electrons. The Morgan fingerprint density at radius 3 is 2.54 bits per heavy atom. The van der Waals surface area contributed by atoms with Crippen molar-refractivity contribution in [1.29, 1.82) is 0 Å². The van der Waals surface area contributed by atoms with Crippen molar-refractivity contribution in [3.8, 4) is 5.82 Å². The number of hydrogen-bond donors (Lipinski definition) is 0. The lowest BCUT2D eigenvalue weighted by Gasteiger charge is -2.34. The lowest BCUT2D eigenvalue weighted by atomic mass is 10.3. The molecule has 3 aromatic rings. The average molecular weight is 375 g/mol. The van der Waals surface area contributed by atoms with E-state index in [1.807, 2.05) is 30.2 Å². The van der Waals surface area contributed by atoms with Crippen molar-refractivity contribution in [1.82, 2.24) is 29.2 Å². The number of hydrogen-bond acceptors (Lipinski definition) is 8. The molecule has 0 N–H and O–H groups in total. The van der Waals surface area contributed by atoms with Gasteiger partial charge in [-0.15, -0.1) is 0 Å². The molecule has 1 aliphatic heterocycles. The van der Waals surface area contributed by atoms with Crippen LogP contribution in [-0.4, -0.2) is 63.8 Å². The number of rotatable bonds is 4. The molecule has 1 fully saturated rings. The molecular formula is C15H17N7O3S. The highest BCUT2D eigenvalue weighted by atomic mass is 32.2. The highest BCUT2D eigenvalue weighted by Crippen LogP contribution is 2.21. The fourth-order valence-electron chi connectivity index (χ4n) is 2.85. The van der Waals surface area contributed by atoms with Crippen molar-refractivity contribution in [2.24, 2.45) is 0 Å². The van der Waals surface area contributed by atoms with Gasteiger partial charge >= 0.3 is 0 Å². The van der Waals surface area contributed by atoms with Crippen LogP contribution in [0.3, 0.4) is 0 Å². The van der Waals surface area contributed by atoms with E-state index >= 15 is 0 Å². The molecule has 0 unspecified atom stereocenters. The molecule has 0 bridgehead atoms. The average Bonchev–Trinajstić information content (AvgIpc) is 3.35. The van der Waals surface area contributed by atoms with Gasteiger partial charge in [-0.1, -0.05) is 5.16 Å². The molecule has 1 saturated heterocycles. The first kappa shape index (κ1) is 16.7. The van der Waals surface area contributed by atoms with E-state index in [-0.39, 0.29) is 4.90 Å². The van der Waals surface area contributed by atoms with Crippen LogP contribution < -0.4 is 4.90 Å². The summed E-state index contributed by atoms with van der Waals surface area (Å²) in [5, 5.41) is 7.67. The van der Waals surface area contributed by atoms with Crippen LogP contribution >= 0.6 is 0 Å². The highest BCUT2D eigenvalue weighted by molar-refractivity contribution is 7.89. The smallest absolute Gasteiger partial charge is 0.248 e. The zero-order valence-corrected chi connectivity index (χ0v) is 14.9. The monoisotopic (exact) mass is 375 g/mol. The summed E-state index contributed by atoms with van der Waals surface area (Å²) in [6, 6.07) is 3.68. The second kappa shape index (κ2) is 6.50. The summed E-state index contributed by atoms with van der Waals surface area (Å²) < 4.78 is 32.8. The molecule has 0 atom stereocenters. The van der Waals surface area contributed by atoms with Crippen LogP contribution in [0.5, 0.6) is 0 Å². The molecule has 11 heteroatoms. The van der Waals surface area contributed by atoms with Crippen LogP contribution in [0.2, 0.25) is 0 Å². The maximum Gasteiger partial charge on any atom is 0.248 e. The number of aryl methyl sites for hydroxylation is 1. The molecule has 10 nitrogen and oxygen atoms in total. The number of nitrogens with zero attached hydrogens (tertiary/aromatic N) is 7. The summed E-state index contributed by atoms with van der Waals surface area (Å²) in [7, 11) is -3.57. The van der Waals surface area contributed by atoms with Gasteiger partial charge in [0, 0.05) is 44.6 Å². The zero-order chi connectivity index (χ0) is 18.1. The second-order valence-corrected chi connectivity index (χ2v) is 7.77. The highest BCUT2D eigenvalue weighted by Gasteiger charge is 2.30. The van der Waals surface area contributed by atoms with Gasteiger partial charge in [-0.25, -0.2) is 23.1 Å². The van der Waals surface area contributed by atoms with E-state index < -0.39 is 10.0 Å². The summed E-state index contributed by atoms with van der Waals surface area (Å²) in [4.78, 5) is 11.0. The molecular weight excluding hydrogens is 358 g/mol. The van der Waals surface area contributed by atoms with E-state index in [4.69, 9.17) is 0 Å². The Bertz CT molecular complexity index is 978. The minimum atomic E-state index is -3.57. The van der Waals surface area contributed by atoms with Crippen molar-refractivity contribution in [2.45, 2.75) is 11.8 Å². The van der Waals surface area contributed by atoms with Crippen LogP contribution in [0, 0.1) is 6.92 Å². The van der Waals surface area contributed by atoms with Crippen LogP contribution in [-0.2, 0) is 10.0 Å². The van der Waals surface area contributed by atoms with E-state index in [9.17, 15) is 8.42 Å². The minimum absolute atomic E-state index is 0.0739. The molecule has 1 aliphatic rings. The van der Waals surface area contributed by atoms with Crippen LogP contribution in [0.25, 0.3) is 5.82 Å². The first-order valence-electron chi connectivity index (χ1n) is 8.04. The second-order valence-electron chi connectivity index (χ2n) is 5.83. The lowest BCUT2D eigenvalue weighted by molar-refractivity contribution is 0.382. The van der Waals surface area contributed by atoms with Gasteiger partial charge in [0.15, 0.2) is 5.82 Å². The molecule has 0 spiro atoms. The van der Waals surface area contributed by atoms with Crippen LogP contribution in [0.15, 0.2) is 46.4 Å². The molecule has 0 saturated carbocycles. The molecule has 0 aromatic carbocycles. The number of piperazine rings is 1. The SMILES string of the molecule is Cc1nc(N2CCN(S(=O)(=O)c3cnoc3)CC2)cc(-n2cccn2)n1. The van der Waals surface area contributed by atoms with Crippen molar-refractivity contribution >= 4 is 15.8 Å². The predicted octanol–water partition coefficient (Wildman–Crippen LogP) is 0.470. The van der Waals surface area contributed by atoms with E-state index in [1.54, 1.807) is 10.9 Å². The predicted molar refractivity (Wildman–Crippen MR) is 91.4 cm³/mol. The molecule has 0 amide bonds. The fourth-order valence-corrected chi connectivity index (χ4v) is 4.13. The van der Waals surface area contributed by atoms with Crippen LogP contribution in [0.4, 0.5) is 5.82 Å². The topological polar surface area (TPSA) is 110 Å². The molecule has 136 valence electrons. The number of sulfonamides is 1. The molecule has 4 rings (SSSR count). The zero-order valence-electron chi connectivity index (χ0n) is 14.1. The fraction of sp³-hybridized carbons (Fsp3) is 0.333. The van der Waals surface area contributed by atoms with Crippen molar-refractivity contribution in [2.75, 3.05) is 31.1 Å². The van der Waals surface area contributed by atoms with Gasteiger partial charge in [-0.05, 0) is 13.0 Å². The van der Waals surface area contributed by atoms with E-state index in [2.05, 4.69) is 24.7 Å². The summed E-state index contributed by atoms with van der Waals surface area (Å²) in [5.41, 5.74) is 0. The Morgan fingerprint density at radius 2 is 1.88 bits per heavy atom. The first-order chi connectivity index (χ1) is 12.5. The van der Waals surface area contributed by atoms with E-state index in [0.29, 0.717) is 37.8 Å². The van der Waals surface area contributed by atoms with Crippen molar-refractivity contribution in [3.05, 3.63) is 42.8 Å². The van der Waals surface area contributed by atoms with Gasteiger partial charge in [0.05, 0.1) is 6.20 Å². The van der Waals surface area contributed by atoms with Crippen molar-refractivity contribution in [3.63, 3.8) is 0 Å². The third-order valence-electron chi connectivity index (χ3n) is 4.16. The Balaban J connectivity index is 1.52. The van der Waals surface area contributed by atoms with E-state index in [1.165, 1.54) is 10.5 Å². The normalized spacial score (nSPS) is 16.1. The van der Waals surface area contributed by atoms with Crippen molar-refractivity contribution < 1.29 is 12.9 Å². The summed E-state index contributed by atoms with van der Waals surface area (Å²) in [5.74, 6) is 2.06. The molecule has 4 heterocycles. The Morgan fingerprint density at radius 1 is 1.12 bits per heavy atom. The largest absolute Gasteiger partial charge is 0.363 e. The summed E-state index contributed by atoms with van der Waals surface area (Å²) >= 11 is 0. The van der Waals surface area contributed by atoms with Gasteiger partial charge in [0.25, 0.3) is 0 Å². The maximum atomic E-state index is 12.5. The minimum Gasteiger partial charge on any atom is -0.363 e. The Kier molecular flexibility index (Phi) is 4.17. The van der Waals surface area contributed by atoms with Gasteiger partial charge in [0.1, 0.15) is 22.8 Å². The standard InChI is InChI=1S/C15H17N7O3S/c1-12-18-14(9-15(19-12)22-4-2-3-16-22)20-5-7-21(8-6-20)26(23,24)13-10-17-25-11-13/h2-4,9-11H,5-8H2,1H3. The van der Waals surface area contributed by atoms with E-state index in [0.717, 1.165) is 12.1 Å². The summed E-state index contributed by atoms with van der Waals surface area (Å²) in [6.45, 7) is 3.59. The molecule has 0 aliphatic carbocycles. The maximum absolute atomic E-state index is 12.5. The van der Waals surface area contributed by atoms with Gasteiger partial charge in [0.2, 0.25) is 10.0 Å². The van der Waals surface area contributed by atoms with Gasteiger partial charge in [-0.3, -0.25) is 0 Å². The van der Waals surface area contributed by atoms with Gasteiger partial charge < -0.3 is 9.42 Å². The third-order valence-corrected chi connectivity index (χ3v) is 6.00. The Labute approximate surface area is 150 Å². The quantitative estimate of drug-likeness (QED) is 0.647. The molecule has 3 aromatic heterocycles. The summed E-state index contributed by atoms with van der Waals surface area (Å²) in [6.07, 6.45) is 5.86. The Hall–Kier alpha value is -2.79. The lowest BCUT2D eigenvalue weighted by Crippen LogP contribution is -2.49. The van der Waals surface area contributed by atoms with Crippen LogP contribution in [0.1, 0.15) is 5.82 Å². The number of aromatic nitrogens is 5. The third kappa shape index (κ3) is 3.06. The molecule has 26 heavy (non-hydrogen) atoms. The number of anilines is 1. The first-order valence-corrected chi connectivity index (χ1v) is 9.48.